The van der Waals surface area contributed by atoms with Gasteiger partial charge in [0, 0.05) is 0 Å². The molecule has 0 amide bonds. The van der Waals surface area contributed by atoms with E-state index in [1.165, 1.54) is 5.56 Å². The van der Waals surface area contributed by atoms with Crippen molar-refractivity contribution >= 4 is 15.9 Å². The normalized spacial score (nSPS) is 10.3. The molecule has 0 spiro atoms. The van der Waals surface area contributed by atoms with Crippen LogP contribution >= 0.6 is 15.9 Å². The van der Waals surface area contributed by atoms with Crippen LogP contribution in [0.1, 0.15) is 5.56 Å². The van der Waals surface area contributed by atoms with Gasteiger partial charge >= 0.3 is 0 Å². The van der Waals surface area contributed by atoms with Crippen LogP contribution in [0, 0.1) is 0 Å². The zero-order valence-corrected chi connectivity index (χ0v) is 11.6. The SMILES string of the molecule is Brc1ccccc1OCCOCc1ccccc1. The van der Waals surface area contributed by atoms with Crippen molar-refractivity contribution in [2.45, 2.75) is 6.61 Å². The summed E-state index contributed by atoms with van der Waals surface area (Å²) in [5.74, 6) is 0.848. The van der Waals surface area contributed by atoms with Gasteiger partial charge in [-0.25, -0.2) is 0 Å². The molecule has 0 N–H and O–H groups in total. The highest BCUT2D eigenvalue weighted by atomic mass is 79.9. The number of halogens is 1. The highest BCUT2D eigenvalue weighted by Crippen LogP contribution is 2.23. The molecular weight excluding hydrogens is 292 g/mol. The fraction of sp³-hybridized carbons (Fsp3) is 0.200. The monoisotopic (exact) mass is 306 g/mol. The first-order chi connectivity index (χ1) is 8.86. The van der Waals surface area contributed by atoms with Crippen LogP contribution in [0.5, 0.6) is 5.75 Å². The first kappa shape index (κ1) is 13.1. The molecule has 2 nitrogen and oxygen atoms in total. The van der Waals surface area contributed by atoms with Crippen molar-refractivity contribution < 1.29 is 9.47 Å². The van der Waals surface area contributed by atoms with Crippen LogP contribution in [0.15, 0.2) is 59.1 Å². The first-order valence-electron chi connectivity index (χ1n) is 5.85. The van der Waals surface area contributed by atoms with E-state index in [1.54, 1.807) is 0 Å². The smallest absolute Gasteiger partial charge is 0.133 e. The summed E-state index contributed by atoms with van der Waals surface area (Å²) < 4.78 is 12.1. The Labute approximate surface area is 116 Å². The third-order valence-electron chi connectivity index (χ3n) is 2.43. The molecule has 0 atom stereocenters. The van der Waals surface area contributed by atoms with Gasteiger partial charge in [0.2, 0.25) is 0 Å². The fourth-order valence-electron chi connectivity index (χ4n) is 1.54. The van der Waals surface area contributed by atoms with Crippen LogP contribution in [0.2, 0.25) is 0 Å². The number of hydrogen-bond donors (Lipinski definition) is 0. The van der Waals surface area contributed by atoms with Crippen LogP contribution in [0.4, 0.5) is 0 Å². The standard InChI is InChI=1S/C15H15BrO2/c16-14-8-4-5-9-15(14)18-11-10-17-12-13-6-2-1-3-7-13/h1-9H,10-12H2. The zero-order chi connectivity index (χ0) is 12.6. The molecule has 0 heterocycles. The van der Waals surface area contributed by atoms with Gasteiger partial charge in [-0.1, -0.05) is 42.5 Å². The topological polar surface area (TPSA) is 18.5 Å². The summed E-state index contributed by atoms with van der Waals surface area (Å²) in [4.78, 5) is 0. The lowest BCUT2D eigenvalue weighted by molar-refractivity contribution is 0.0887. The molecule has 0 radical (unpaired) electrons. The van der Waals surface area contributed by atoms with Crippen molar-refractivity contribution in [1.29, 1.82) is 0 Å². The third-order valence-corrected chi connectivity index (χ3v) is 3.09. The number of hydrogen-bond acceptors (Lipinski definition) is 2. The Morgan fingerprint density at radius 3 is 2.33 bits per heavy atom. The molecule has 0 bridgehead atoms. The molecule has 0 aliphatic heterocycles. The molecule has 2 aromatic rings. The lowest BCUT2D eigenvalue weighted by atomic mass is 10.2. The quantitative estimate of drug-likeness (QED) is 0.750. The number of para-hydroxylation sites is 1. The van der Waals surface area contributed by atoms with E-state index in [0.717, 1.165) is 10.2 Å². The van der Waals surface area contributed by atoms with Crippen molar-refractivity contribution in [1.82, 2.24) is 0 Å². The molecule has 3 heteroatoms. The van der Waals surface area contributed by atoms with E-state index in [-0.39, 0.29) is 0 Å². The maximum Gasteiger partial charge on any atom is 0.133 e. The highest BCUT2D eigenvalue weighted by molar-refractivity contribution is 9.10. The van der Waals surface area contributed by atoms with Crippen molar-refractivity contribution in [2.75, 3.05) is 13.2 Å². The van der Waals surface area contributed by atoms with Gasteiger partial charge in [-0.3, -0.25) is 0 Å². The van der Waals surface area contributed by atoms with E-state index in [2.05, 4.69) is 28.1 Å². The van der Waals surface area contributed by atoms with Crippen LogP contribution in [0.3, 0.4) is 0 Å². The average Bonchev–Trinajstić information content (AvgIpc) is 2.42. The minimum Gasteiger partial charge on any atom is -0.490 e. The van der Waals surface area contributed by atoms with Gasteiger partial charge < -0.3 is 9.47 Å². The Bertz CT molecular complexity index is 471. The van der Waals surface area contributed by atoms with Crippen LogP contribution in [-0.4, -0.2) is 13.2 Å². The predicted molar refractivity (Wildman–Crippen MR) is 75.7 cm³/mol. The molecule has 18 heavy (non-hydrogen) atoms. The van der Waals surface area contributed by atoms with Crippen molar-refractivity contribution in [3.05, 3.63) is 64.6 Å². The molecule has 2 aromatic carbocycles. The lowest BCUT2D eigenvalue weighted by Gasteiger charge is -2.08. The maximum absolute atomic E-state index is 5.60. The second kappa shape index (κ2) is 7.19. The summed E-state index contributed by atoms with van der Waals surface area (Å²) in [6, 6.07) is 17.9. The molecule has 0 saturated carbocycles. The van der Waals surface area contributed by atoms with E-state index in [1.807, 2.05) is 42.5 Å². The zero-order valence-electron chi connectivity index (χ0n) is 10.0. The van der Waals surface area contributed by atoms with Gasteiger partial charge in [-0.15, -0.1) is 0 Å². The third kappa shape index (κ3) is 4.17. The van der Waals surface area contributed by atoms with E-state index in [4.69, 9.17) is 9.47 Å². The number of rotatable bonds is 6. The van der Waals surface area contributed by atoms with Gasteiger partial charge in [-0.05, 0) is 33.6 Å². The minimum absolute atomic E-state index is 0.551. The molecule has 94 valence electrons. The number of benzene rings is 2. The second-order valence-corrected chi connectivity index (χ2v) is 4.67. The molecule has 0 unspecified atom stereocenters. The Morgan fingerprint density at radius 2 is 1.56 bits per heavy atom. The van der Waals surface area contributed by atoms with Crippen molar-refractivity contribution in [3.63, 3.8) is 0 Å². The van der Waals surface area contributed by atoms with Gasteiger partial charge in [0.15, 0.2) is 0 Å². The summed E-state index contributed by atoms with van der Waals surface area (Å²) in [6.07, 6.45) is 0. The molecule has 0 saturated heterocycles. The van der Waals surface area contributed by atoms with E-state index >= 15 is 0 Å². The Hall–Kier alpha value is -1.32. The van der Waals surface area contributed by atoms with E-state index < -0.39 is 0 Å². The summed E-state index contributed by atoms with van der Waals surface area (Å²) >= 11 is 3.44. The molecule has 0 aromatic heterocycles. The molecule has 0 aliphatic rings. The van der Waals surface area contributed by atoms with Gasteiger partial charge in [0.05, 0.1) is 17.7 Å². The van der Waals surface area contributed by atoms with Crippen molar-refractivity contribution in [2.24, 2.45) is 0 Å². The summed E-state index contributed by atoms with van der Waals surface area (Å²) in [5, 5.41) is 0. The molecular formula is C15H15BrO2. The van der Waals surface area contributed by atoms with Crippen molar-refractivity contribution in [3.8, 4) is 5.75 Å². The number of ether oxygens (including phenoxy) is 2. The Kier molecular flexibility index (Phi) is 5.24. The Morgan fingerprint density at radius 1 is 0.833 bits per heavy atom. The maximum atomic E-state index is 5.60. The van der Waals surface area contributed by atoms with Gasteiger partial charge in [0.25, 0.3) is 0 Å². The van der Waals surface area contributed by atoms with Crippen LogP contribution in [-0.2, 0) is 11.3 Å². The fourth-order valence-corrected chi connectivity index (χ4v) is 1.94. The highest BCUT2D eigenvalue weighted by Gasteiger charge is 1.98. The predicted octanol–water partition coefficient (Wildman–Crippen LogP) is 4.04. The summed E-state index contributed by atoms with van der Waals surface area (Å²) in [6.45, 7) is 1.76. The van der Waals surface area contributed by atoms with E-state index in [0.29, 0.717) is 19.8 Å². The largest absolute Gasteiger partial charge is 0.490 e. The molecule has 0 aliphatic carbocycles. The van der Waals surface area contributed by atoms with E-state index in [9.17, 15) is 0 Å². The second-order valence-electron chi connectivity index (χ2n) is 3.82. The summed E-state index contributed by atoms with van der Waals surface area (Å²) in [7, 11) is 0. The summed E-state index contributed by atoms with van der Waals surface area (Å²) in [5.41, 5.74) is 1.18. The van der Waals surface area contributed by atoms with Crippen LogP contribution in [0.25, 0.3) is 0 Å². The molecule has 0 fully saturated rings. The first-order valence-corrected chi connectivity index (χ1v) is 6.64. The van der Waals surface area contributed by atoms with Gasteiger partial charge in [0.1, 0.15) is 12.4 Å². The lowest BCUT2D eigenvalue weighted by Crippen LogP contribution is -2.06. The van der Waals surface area contributed by atoms with Gasteiger partial charge in [-0.2, -0.15) is 0 Å². The van der Waals surface area contributed by atoms with Crippen LogP contribution < -0.4 is 4.74 Å². The molecule has 2 rings (SSSR count). The Balaban J connectivity index is 1.66. The minimum atomic E-state index is 0.551. The average molecular weight is 307 g/mol.